The zero-order valence-electron chi connectivity index (χ0n) is 16.3. The maximum atomic E-state index is 2.20. The molecule has 0 atom stereocenters. The van der Waals surface area contributed by atoms with Crippen molar-refractivity contribution in [2.45, 2.75) is 69.2 Å². The maximum absolute atomic E-state index is 2.20. The van der Waals surface area contributed by atoms with Gasteiger partial charge in [0.15, 0.2) is 0 Å². The SMILES string of the molecule is Cc1c(C)c(C)[c-](C)c1C.Cc1c(C)c(C)[c-](C)c1C.[Br-].[Br-].[Ti+4]. The van der Waals surface area contributed by atoms with Crippen LogP contribution in [0.15, 0.2) is 0 Å². The third-order valence-corrected chi connectivity index (χ3v) is 5.62. The van der Waals surface area contributed by atoms with Crippen LogP contribution in [0, 0.1) is 69.2 Å². The number of hydrogen-bond donors (Lipinski definition) is 0. The predicted octanol–water partition coefficient (Wildman–Crippen LogP) is -0.0993. The Balaban J connectivity index is -0.000000308. The van der Waals surface area contributed by atoms with Gasteiger partial charge in [-0.05, 0) is 0 Å². The van der Waals surface area contributed by atoms with Crippen molar-refractivity contribution in [3.05, 3.63) is 55.6 Å². The molecule has 0 aliphatic rings. The van der Waals surface area contributed by atoms with Crippen LogP contribution in [0.3, 0.4) is 0 Å². The molecule has 0 aliphatic heterocycles. The molecule has 0 amide bonds. The molecule has 0 spiro atoms. The van der Waals surface area contributed by atoms with Gasteiger partial charge in [-0.1, -0.05) is 69.2 Å². The van der Waals surface area contributed by atoms with E-state index in [4.69, 9.17) is 0 Å². The van der Waals surface area contributed by atoms with Crippen LogP contribution in [-0.4, -0.2) is 0 Å². The van der Waals surface area contributed by atoms with Crippen LogP contribution in [0.25, 0.3) is 0 Å². The van der Waals surface area contributed by atoms with E-state index in [1.807, 2.05) is 0 Å². The molecule has 23 heavy (non-hydrogen) atoms. The van der Waals surface area contributed by atoms with Gasteiger partial charge in [-0.3, -0.25) is 0 Å². The van der Waals surface area contributed by atoms with Gasteiger partial charge < -0.3 is 34.0 Å². The summed E-state index contributed by atoms with van der Waals surface area (Å²) in [4.78, 5) is 0. The molecule has 0 nitrogen and oxygen atoms in total. The van der Waals surface area contributed by atoms with Gasteiger partial charge >= 0.3 is 21.7 Å². The Morgan fingerprint density at radius 2 is 0.565 bits per heavy atom. The van der Waals surface area contributed by atoms with Crippen LogP contribution in [0.2, 0.25) is 0 Å². The first-order valence-corrected chi connectivity index (χ1v) is 7.50. The van der Waals surface area contributed by atoms with Gasteiger partial charge in [-0.25, -0.2) is 0 Å². The first kappa shape index (κ1) is 28.2. The molecule has 0 unspecified atom stereocenters. The number of hydrogen-bond acceptors (Lipinski definition) is 0. The summed E-state index contributed by atoms with van der Waals surface area (Å²) in [5.74, 6) is 0. The predicted molar refractivity (Wildman–Crippen MR) is 91.4 cm³/mol. The van der Waals surface area contributed by atoms with Crippen molar-refractivity contribution in [1.82, 2.24) is 0 Å². The van der Waals surface area contributed by atoms with Crippen LogP contribution < -0.4 is 34.0 Å². The molecule has 0 bridgehead atoms. The van der Waals surface area contributed by atoms with Crippen molar-refractivity contribution in [2.24, 2.45) is 0 Å². The van der Waals surface area contributed by atoms with Crippen molar-refractivity contribution in [1.29, 1.82) is 0 Å². The molecule has 2 rings (SSSR count). The molecule has 128 valence electrons. The van der Waals surface area contributed by atoms with E-state index in [0.717, 1.165) is 0 Å². The molecular formula is C20H30Br2Ti. The molecular weight excluding hydrogens is 448 g/mol. The van der Waals surface area contributed by atoms with E-state index >= 15 is 0 Å². The second kappa shape index (κ2) is 11.1. The van der Waals surface area contributed by atoms with Gasteiger partial charge in [0.25, 0.3) is 0 Å². The summed E-state index contributed by atoms with van der Waals surface area (Å²) in [5.41, 5.74) is 14.7. The van der Waals surface area contributed by atoms with E-state index in [0.29, 0.717) is 0 Å². The molecule has 2 aromatic carbocycles. The Hall–Kier alpha value is 0.374. The quantitative estimate of drug-likeness (QED) is 0.367. The van der Waals surface area contributed by atoms with Gasteiger partial charge in [0.1, 0.15) is 0 Å². The Labute approximate surface area is 179 Å². The second-order valence-corrected chi connectivity index (χ2v) is 6.25. The Bertz CT molecular complexity index is 414. The molecule has 2 aromatic rings. The van der Waals surface area contributed by atoms with Crippen LogP contribution in [-0.2, 0) is 21.7 Å². The van der Waals surface area contributed by atoms with Crippen molar-refractivity contribution in [3.63, 3.8) is 0 Å². The third kappa shape index (κ3) is 5.70. The molecule has 0 aliphatic carbocycles. The van der Waals surface area contributed by atoms with E-state index in [9.17, 15) is 0 Å². The van der Waals surface area contributed by atoms with E-state index in [-0.39, 0.29) is 55.7 Å². The molecule has 0 saturated heterocycles. The number of halogens is 2. The van der Waals surface area contributed by atoms with E-state index < -0.39 is 0 Å². The monoisotopic (exact) mass is 476 g/mol. The fraction of sp³-hybridized carbons (Fsp3) is 0.500. The Kier molecular flexibility index (Phi) is 13.6. The van der Waals surface area contributed by atoms with Crippen LogP contribution in [0.4, 0.5) is 0 Å². The summed E-state index contributed by atoms with van der Waals surface area (Å²) >= 11 is 0. The van der Waals surface area contributed by atoms with Crippen molar-refractivity contribution < 1.29 is 55.7 Å². The van der Waals surface area contributed by atoms with Gasteiger partial charge in [-0.15, -0.1) is 0 Å². The third-order valence-electron chi connectivity index (χ3n) is 5.62. The standard InChI is InChI=1S/2C10H15.2BrH.Ti/c2*1-6-7(2)9(4)10(5)8(6)3;;;/h2*1-5H3;2*1H;/q2*-1;;;+4/p-2. The summed E-state index contributed by atoms with van der Waals surface area (Å²) < 4.78 is 0. The molecule has 3 heteroatoms. The summed E-state index contributed by atoms with van der Waals surface area (Å²) in [6.07, 6.45) is 0. The van der Waals surface area contributed by atoms with Crippen LogP contribution in [0.1, 0.15) is 55.6 Å². The van der Waals surface area contributed by atoms with Crippen LogP contribution >= 0.6 is 0 Å². The smallest absolute Gasteiger partial charge is 1.00 e. The average Bonchev–Trinajstić information content (AvgIpc) is 2.71. The molecule has 0 aromatic heterocycles. The normalized spacial score (nSPS) is 9.13. The molecule has 0 saturated carbocycles. The van der Waals surface area contributed by atoms with Gasteiger partial charge in [0, 0.05) is 0 Å². The van der Waals surface area contributed by atoms with Gasteiger partial charge in [0.05, 0.1) is 0 Å². The van der Waals surface area contributed by atoms with E-state index in [2.05, 4.69) is 69.2 Å². The summed E-state index contributed by atoms with van der Waals surface area (Å²) in [6.45, 7) is 22.0. The first-order valence-electron chi connectivity index (χ1n) is 7.50. The maximum Gasteiger partial charge on any atom is 4.00 e. The molecule has 0 radical (unpaired) electrons. The molecule has 0 heterocycles. The average molecular weight is 478 g/mol. The van der Waals surface area contributed by atoms with Gasteiger partial charge in [0.2, 0.25) is 0 Å². The minimum absolute atomic E-state index is 0. The Morgan fingerprint density at radius 1 is 0.435 bits per heavy atom. The van der Waals surface area contributed by atoms with Crippen molar-refractivity contribution >= 4 is 0 Å². The fourth-order valence-corrected chi connectivity index (χ4v) is 2.81. The second-order valence-electron chi connectivity index (χ2n) is 6.25. The minimum atomic E-state index is 0. The molecule has 0 N–H and O–H groups in total. The zero-order valence-corrected chi connectivity index (χ0v) is 21.0. The van der Waals surface area contributed by atoms with E-state index in [1.54, 1.807) is 0 Å². The Morgan fingerprint density at radius 3 is 0.609 bits per heavy atom. The summed E-state index contributed by atoms with van der Waals surface area (Å²) in [6, 6.07) is 0. The largest absolute Gasteiger partial charge is 4.00 e. The first-order chi connectivity index (χ1) is 9.11. The number of rotatable bonds is 0. The van der Waals surface area contributed by atoms with Crippen molar-refractivity contribution in [3.8, 4) is 0 Å². The van der Waals surface area contributed by atoms with E-state index in [1.165, 1.54) is 55.6 Å². The molecule has 0 fully saturated rings. The zero-order chi connectivity index (χ0) is 15.8. The topological polar surface area (TPSA) is 0 Å². The summed E-state index contributed by atoms with van der Waals surface area (Å²) in [7, 11) is 0. The fourth-order valence-electron chi connectivity index (χ4n) is 2.81. The van der Waals surface area contributed by atoms with Crippen LogP contribution in [0.5, 0.6) is 0 Å². The van der Waals surface area contributed by atoms with Gasteiger partial charge in [-0.2, -0.15) is 55.6 Å². The van der Waals surface area contributed by atoms with Crippen molar-refractivity contribution in [2.75, 3.05) is 0 Å². The summed E-state index contributed by atoms with van der Waals surface area (Å²) in [5, 5.41) is 0. The minimum Gasteiger partial charge on any atom is -1.00 e.